The van der Waals surface area contributed by atoms with E-state index >= 15 is 0 Å². The van der Waals surface area contributed by atoms with Gasteiger partial charge in [-0.25, -0.2) is 0 Å². The summed E-state index contributed by atoms with van der Waals surface area (Å²) in [6.07, 6.45) is 0. The van der Waals surface area contributed by atoms with Crippen LogP contribution in [0.1, 0.15) is 11.1 Å². The number of phenolic OH excluding ortho intramolecular Hbond substituents is 3. The first-order valence-electron chi connectivity index (χ1n) is 5.32. The van der Waals surface area contributed by atoms with Gasteiger partial charge in [0.1, 0.15) is 5.75 Å². The molecule has 0 aliphatic carbocycles. The molecule has 0 aromatic heterocycles. The maximum atomic E-state index is 9.78. The number of aromatic hydroxyl groups is 3. The van der Waals surface area contributed by atoms with Gasteiger partial charge in [0.2, 0.25) is 0 Å². The molecule has 88 valence electrons. The van der Waals surface area contributed by atoms with Crippen LogP contribution in [0.3, 0.4) is 0 Å². The first-order valence-corrected chi connectivity index (χ1v) is 5.32. The van der Waals surface area contributed by atoms with Gasteiger partial charge in [-0.05, 0) is 42.7 Å². The number of benzene rings is 2. The van der Waals surface area contributed by atoms with Crippen molar-refractivity contribution >= 4 is 0 Å². The van der Waals surface area contributed by atoms with E-state index in [4.69, 9.17) is 0 Å². The van der Waals surface area contributed by atoms with E-state index in [0.717, 1.165) is 11.1 Å². The number of phenols is 3. The predicted molar refractivity (Wildman–Crippen MR) is 66.3 cm³/mol. The molecular formula is C14H14O3. The Hall–Kier alpha value is -2.16. The molecule has 0 saturated heterocycles. The van der Waals surface area contributed by atoms with Crippen molar-refractivity contribution < 1.29 is 15.3 Å². The Morgan fingerprint density at radius 2 is 1.41 bits per heavy atom. The predicted octanol–water partition coefficient (Wildman–Crippen LogP) is 3.09. The second kappa shape index (κ2) is 4.01. The molecule has 2 aromatic carbocycles. The molecule has 0 unspecified atom stereocenters. The fourth-order valence-electron chi connectivity index (χ4n) is 1.75. The lowest BCUT2D eigenvalue weighted by molar-refractivity contribution is 0.398. The molecule has 0 atom stereocenters. The minimum Gasteiger partial charge on any atom is -0.507 e. The summed E-state index contributed by atoms with van der Waals surface area (Å²) in [6.45, 7) is 3.94. The van der Waals surface area contributed by atoms with Gasteiger partial charge in [0.25, 0.3) is 0 Å². The molecule has 0 spiro atoms. The van der Waals surface area contributed by atoms with Crippen LogP contribution >= 0.6 is 0 Å². The lowest BCUT2D eigenvalue weighted by Gasteiger charge is -2.10. The van der Waals surface area contributed by atoms with Gasteiger partial charge in [-0.15, -0.1) is 0 Å². The highest BCUT2D eigenvalue weighted by atomic mass is 16.3. The van der Waals surface area contributed by atoms with E-state index in [1.807, 2.05) is 26.0 Å². The Morgan fingerprint density at radius 3 is 2.06 bits per heavy atom. The van der Waals surface area contributed by atoms with Crippen molar-refractivity contribution in [3.63, 3.8) is 0 Å². The van der Waals surface area contributed by atoms with E-state index in [-0.39, 0.29) is 22.8 Å². The average Bonchev–Trinajstić information content (AvgIpc) is 2.29. The Kier molecular flexibility index (Phi) is 2.68. The van der Waals surface area contributed by atoms with Gasteiger partial charge in [-0.3, -0.25) is 0 Å². The van der Waals surface area contributed by atoms with Gasteiger partial charge >= 0.3 is 0 Å². The highest BCUT2D eigenvalue weighted by molar-refractivity contribution is 5.79. The highest BCUT2D eigenvalue weighted by Crippen LogP contribution is 2.42. The third kappa shape index (κ3) is 1.91. The van der Waals surface area contributed by atoms with Gasteiger partial charge in [0, 0.05) is 0 Å². The molecule has 3 heteroatoms. The number of aryl methyl sites for hydroxylation is 2. The highest BCUT2D eigenvalue weighted by Gasteiger charge is 2.14. The van der Waals surface area contributed by atoms with Crippen molar-refractivity contribution in [2.45, 2.75) is 13.8 Å². The monoisotopic (exact) mass is 230 g/mol. The van der Waals surface area contributed by atoms with Gasteiger partial charge < -0.3 is 15.3 Å². The molecule has 0 bridgehead atoms. The molecule has 17 heavy (non-hydrogen) atoms. The SMILES string of the molecule is Cc1ccc(-c2c(O)ccc(O)c2O)cc1C. The molecule has 0 aliphatic rings. The van der Waals surface area contributed by atoms with Crippen LogP contribution in [0, 0.1) is 13.8 Å². The zero-order valence-electron chi connectivity index (χ0n) is 9.73. The molecule has 3 N–H and O–H groups in total. The van der Waals surface area contributed by atoms with Crippen LogP contribution in [-0.4, -0.2) is 15.3 Å². The molecular weight excluding hydrogens is 216 g/mol. The summed E-state index contributed by atoms with van der Waals surface area (Å²) in [7, 11) is 0. The molecule has 2 rings (SSSR count). The van der Waals surface area contributed by atoms with Gasteiger partial charge in [0.15, 0.2) is 11.5 Å². The Balaban J connectivity index is 2.68. The first-order chi connectivity index (χ1) is 8.00. The van der Waals surface area contributed by atoms with Crippen molar-refractivity contribution in [2.75, 3.05) is 0 Å². The molecule has 0 aliphatic heterocycles. The second-order valence-electron chi connectivity index (χ2n) is 4.13. The summed E-state index contributed by atoms with van der Waals surface area (Å²) in [5, 5.41) is 29.0. The minimum absolute atomic E-state index is 0.0523. The van der Waals surface area contributed by atoms with Crippen molar-refractivity contribution in [2.24, 2.45) is 0 Å². The quantitative estimate of drug-likeness (QED) is 0.521. The van der Waals surface area contributed by atoms with Crippen LogP contribution in [0.15, 0.2) is 30.3 Å². The summed E-state index contributed by atoms with van der Waals surface area (Å²) in [6, 6.07) is 8.20. The summed E-state index contributed by atoms with van der Waals surface area (Å²) in [4.78, 5) is 0. The smallest absolute Gasteiger partial charge is 0.169 e. The van der Waals surface area contributed by atoms with Crippen LogP contribution in [0.25, 0.3) is 11.1 Å². The summed E-state index contributed by atoms with van der Waals surface area (Å²) < 4.78 is 0. The van der Waals surface area contributed by atoms with Crippen LogP contribution in [-0.2, 0) is 0 Å². The summed E-state index contributed by atoms with van der Waals surface area (Å²) in [5.74, 6) is -0.590. The van der Waals surface area contributed by atoms with Crippen molar-refractivity contribution in [3.8, 4) is 28.4 Å². The summed E-state index contributed by atoms with van der Waals surface area (Å²) in [5.41, 5.74) is 3.13. The van der Waals surface area contributed by atoms with Crippen molar-refractivity contribution in [1.29, 1.82) is 0 Å². The lowest BCUT2D eigenvalue weighted by Crippen LogP contribution is -1.85. The lowest BCUT2D eigenvalue weighted by atomic mass is 9.99. The molecule has 0 amide bonds. The Labute approximate surface area is 99.6 Å². The third-order valence-electron chi connectivity index (χ3n) is 2.93. The molecule has 0 saturated carbocycles. The van der Waals surface area contributed by atoms with Crippen LogP contribution in [0.2, 0.25) is 0 Å². The van der Waals surface area contributed by atoms with Crippen molar-refractivity contribution in [3.05, 3.63) is 41.5 Å². The molecule has 0 radical (unpaired) electrons. The average molecular weight is 230 g/mol. The molecule has 0 heterocycles. The largest absolute Gasteiger partial charge is 0.507 e. The zero-order valence-corrected chi connectivity index (χ0v) is 9.73. The van der Waals surface area contributed by atoms with E-state index in [1.54, 1.807) is 6.07 Å². The van der Waals surface area contributed by atoms with Crippen LogP contribution in [0.5, 0.6) is 17.2 Å². The number of rotatable bonds is 1. The van der Waals surface area contributed by atoms with Gasteiger partial charge in [-0.2, -0.15) is 0 Å². The van der Waals surface area contributed by atoms with E-state index in [1.165, 1.54) is 12.1 Å². The van der Waals surface area contributed by atoms with Crippen molar-refractivity contribution in [1.82, 2.24) is 0 Å². The van der Waals surface area contributed by atoms with Crippen LogP contribution in [0.4, 0.5) is 0 Å². The maximum Gasteiger partial charge on any atom is 0.169 e. The second-order valence-corrected chi connectivity index (χ2v) is 4.13. The van der Waals surface area contributed by atoms with Gasteiger partial charge in [-0.1, -0.05) is 18.2 Å². The number of hydrogen-bond donors (Lipinski definition) is 3. The minimum atomic E-state index is -0.298. The first kappa shape index (κ1) is 11.3. The molecule has 0 fully saturated rings. The third-order valence-corrected chi connectivity index (χ3v) is 2.93. The molecule has 3 nitrogen and oxygen atoms in total. The summed E-state index contributed by atoms with van der Waals surface area (Å²) >= 11 is 0. The Morgan fingerprint density at radius 1 is 0.765 bits per heavy atom. The number of hydrogen-bond acceptors (Lipinski definition) is 3. The molecule has 2 aromatic rings. The van der Waals surface area contributed by atoms with Crippen LogP contribution < -0.4 is 0 Å². The van der Waals surface area contributed by atoms with E-state index in [9.17, 15) is 15.3 Å². The topological polar surface area (TPSA) is 60.7 Å². The maximum absolute atomic E-state index is 9.78. The zero-order chi connectivity index (χ0) is 12.6. The fourth-order valence-corrected chi connectivity index (χ4v) is 1.75. The normalized spacial score (nSPS) is 10.5. The standard InChI is InChI=1S/C14H14O3/c1-8-3-4-10(7-9(8)2)13-11(15)5-6-12(16)14(13)17/h3-7,15-17H,1-2H3. The van der Waals surface area contributed by atoms with E-state index in [0.29, 0.717) is 5.56 Å². The van der Waals surface area contributed by atoms with E-state index in [2.05, 4.69) is 0 Å². The fraction of sp³-hybridized carbons (Fsp3) is 0.143. The van der Waals surface area contributed by atoms with Gasteiger partial charge in [0.05, 0.1) is 5.56 Å². The van der Waals surface area contributed by atoms with E-state index < -0.39 is 0 Å². The Bertz CT molecular complexity index is 574.